The second kappa shape index (κ2) is 9.39. The second-order valence-electron chi connectivity index (χ2n) is 10.8. The minimum absolute atomic E-state index is 0.127. The summed E-state index contributed by atoms with van der Waals surface area (Å²) in [5.74, 6) is 0.248. The highest BCUT2D eigenvalue weighted by Gasteiger charge is 2.37. The highest BCUT2D eigenvalue weighted by molar-refractivity contribution is 5.91. The summed E-state index contributed by atoms with van der Waals surface area (Å²) in [6.45, 7) is 6.95. The van der Waals surface area contributed by atoms with Gasteiger partial charge in [-0.15, -0.1) is 10.2 Å². The van der Waals surface area contributed by atoms with Crippen LogP contribution in [0.15, 0.2) is 36.7 Å². The average molecular weight is 554 g/mol. The fourth-order valence-electron chi connectivity index (χ4n) is 5.11. The van der Waals surface area contributed by atoms with E-state index in [2.05, 4.69) is 15.2 Å². The topological polar surface area (TPSA) is 91.1 Å². The number of amides is 1. The molecule has 0 fully saturated rings. The number of pyridine rings is 2. The number of halogens is 3. The molecule has 1 aromatic carbocycles. The molecule has 3 aromatic heterocycles. The second-order valence-corrected chi connectivity index (χ2v) is 10.8. The fourth-order valence-corrected chi connectivity index (χ4v) is 5.11. The summed E-state index contributed by atoms with van der Waals surface area (Å²) in [7, 11) is 0. The lowest BCUT2D eigenvalue weighted by atomic mass is 9.95. The van der Waals surface area contributed by atoms with Crippen molar-refractivity contribution in [2.45, 2.75) is 52.2 Å². The van der Waals surface area contributed by atoms with E-state index in [4.69, 9.17) is 14.2 Å². The van der Waals surface area contributed by atoms with E-state index in [1.54, 1.807) is 32.9 Å². The van der Waals surface area contributed by atoms with Crippen molar-refractivity contribution in [2.75, 3.05) is 18.1 Å². The standard InChI is InChI=1S/C28H26F3N5O4/c1-14-16(24(30)31)5-7-20(33-14)17-9-22-26(36-13-32-34-25(17)36)35(27(37)40-28(2,3)4)10-18-19(29)6-8-21-23(18)15(11-38-21)12-39-22/h5-9,13,15,24H,10-12H2,1-4H3/t15-/m1/s1. The van der Waals surface area contributed by atoms with Crippen LogP contribution >= 0.6 is 0 Å². The van der Waals surface area contributed by atoms with Crippen molar-refractivity contribution in [1.82, 2.24) is 19.6 Å². The summed E-state index contributed by atoms with van der Waals surface area (Å²) in [6, 6.07) is 7.33. The molecule has 40 heavy (non-hydrogen) atoms. The maximum Gasteiger partial charge on any atom is 0.416 e. The molecule has 6 rings (SSSR count). The number of hydrogen-bond donors (Lipinski definition) is 0. The van der Waals surface area contributed by atoms with Crippen molar-refractivity contribution in [3.8, 4) is 22.8 Å². The Bertz CT molecular complexity index is 1650. The first-order valence-corrected chi connectivity index (χ1v) is 12.7. The van der Waals surface area contributed by atoms with Crippen molar-refractivity contribution in [3.05, 3.63) is 64.9 Å². The lowest BCUT2D eigenvalue weighted by molar-refractivity contribution is 0.0574. The number of aromatic nitrogens is 4. The highest BCUT2D eigenvalue weighted by atomic mass is 19.3. The van der Waals surface area contributed by atoms with Crippen molar-refractivity contribution < 1.29 is 32.2 Å². The number of anilines is 1. The van der Waals surface area contributed by atoms with Crippen LogP contribution in [0.25, 0.3) is 16.9 Å². The molecule has 1 amide bonds. The minimum Gasteiger partial charge on any atom is -0.493 e. The zero-order chi connectivity index (χ0) is 28.3. The monoisotopic (exact) mass is 553 g/mol. The molecule has 0 N–H and O–H groups in total. The van der Waals surface area contributed by atoms with Crippen LogP contribution < -0.4 is 14.4 Å². The van der Waals surface area contributed by atoms with E-state index in [0.717, 1.165) is 0 Å². The Hall–Kier alpha value is -4.35. The maximum absolute atomic E-state index is 15.3. The quantitative estimate of drug-likeness (QED) is 0.301. The number of carbonyl (C=O) groups is 1. The third kappa shape index (κ3) is 4.37. The smallest absolute Gasteiger partial charge is 0.416 e. The Morgan fingerprint density at radius 1 is 1.12 bits per heavy atom. The summed E-state index contributed by atoms with van der Waals surface area (Å²) in [5.41, 5.74) is 1.22. The Balaban J connectivity index is 1.58. The van der Waals surface area contributed by atoms with Crippen LogP contribution in [0.4, 0.5) is 23.8 Å². The maximum atomic E-state index is 15.3. The lowest BCUT2D eigenvalue weighted by Gasteiger charge is -2.29. The van der Waals surface area contributed by atoms with E-state index in [1.165, 1.54) is 40.8 Å². The van der Waals surface area contributed by atoms with Gasteiger partial charge in [0.25, 0.3) is 6.43 Å². The molecule has 1 atom stereocenters. The normalized spacial score (nSPS) is 16.5. The van der Waals surface area contributed by atoms with Crippen molar-refractivity contribution >= 4 is 17.6 Å². The first kappa shape index (κ1) is 25.9. The van der Waals surface area contributed by atoms with Gasteiger partial charge in [0.2, 0.25) is 0 Å². The van der Waals surface area contributed by atoms with E-state index in [9.17, 15) is 13.6 Å². The van der Waals surface area contributed by atoms with Crippen molar-refractivity contribution in [2.24, 2.45) is 0 Å². The molecule has 2 aliphatic heterocycles. The van der Waals surface area contributed by atoms with Gasteiger partial charge < -0.3 is 14.2 Å². The van der Waals surface area contributed by atoms with Gasteiger partial charge in [-0.2, -0.15) is 0 Å². The molecule has 0 aliphatic carbocycles. The summed E-state index contributed by atoms with van der Waals surface area (Å²) in [5, 5.41) is 8.28. The first-order valence-electron chi connectivity index (χ1n) is 12.7. The van der Waals surface area contributed by atoms with Crippen LogP contribution in [-0.4, -0.2) is 44.5 Å². The van der Waals surface area contributed by atoms with Gasteiger partial charge in [0.1, 0.15) is 23.5 Å². The predicted octanol–water partition coefficient (Wildman–Crippen LogP) is 5.99. The Labute approximate surface area is 227 Å². The molecule has 9 nitrogen and oxygen atoms in total. The molecule has 208 valence electrons. The highest BCUT2D eigenvalue weighted by Crippen LogP contribution is 2.44. The van der Waals surface area contributed by atoms with Gasteiger partial charge in [-0.1, -0.05) is 0 Å². The number of nitrogens with zero attached hydrogens (tertiary/aromatic N) is 5. The number of ether oxygens (including phenoxy) is 3. The molecule has 0 radical (unpaired) electrons. The number of benzene rings is 1. The van der Waals surface area contributed by atoms with E-state index in [-0.39, 0.29) is 48.5 Å². The Kier molecular flexibility index (Phi) is 6.08. The van der Waals surface area contributed by atoms with Gasteiger partial charge in [-0.25, -0.2) is 18.0 Å². The van der Waals surface area contributed by atoms with Crippen molar-refractivity contribution in [1.29, 1.82) is 0 Å². The Morgan fingerprint density at radius 3 is 2.58 bits per heavy atom. The molecule has 0 saturated carbocycles. The largest absolute Gasteiger partial charge is 0.493 e. The SMILES string of the molecule is Cc1nc(-c2cc3c(n4cnnc24)N(C(=O)OC(C)(C)C)Cc2c(F)ccc4c2[C@H](CO4)CO3)ccc1C(F)F. The zero-order valence-corrected chi connectivity index (χ0v) is 22.2. The van der Waals surface area contributed by atoms with Crippen LogP contribution in [0.1, 0.15) is 55.5 Å². The van der Waals surface area contributed by atoms with E-state index in [0.29, 0.717) is 33.8 Å². The number of fused-ring (bicyclic) bond motifs is 3. The molecule has 0 spiro atoms. The zero-order valence-electron chi connectivity index (χ0n) is 22.2. The number of rotatable bonds is 2. The van der Waals surface area contributed by atoms with Gasteiger partial charge in [0, 0.05) is 27.9 Å². The van der Waals surface area contributed by atoms with Crippen LogP contribution in [0, 0.1) is 12.7 Å². The van der Waals surface area contributed by atoms with Gasteiger partial charge in [-0.3, -0.25) is 14.3 Å². The molecule has 12 heteroatoms. The van der Waals surface area contributed by atoms with Crippen LogP contribution in [0.5, 0.6) is 11.5 Å². The van der Waals surface area contributed by atoms with Gasteiger partial charge in [-0.05, 0) is 58.0 Å². The van der Waals surface area contributed by atoms with E-state index < -0.39 is 23.9 Å². The van der Waals surface area contributed by atoms with Gasteiger partial charge >= 0.3 is 6.09 Å². The van der Waals surface area contributed by atoms with Crippen LogP contribution in [0.3, 0.4) is 0 Å². The number of alkyl halides is 2. The van der Waals surface area contributed by atoms with E-state index >= 15 is 4.39 Å². The molecule has 0 bridgehead atoms. The summed E-state index contributed by atoms with van der Waals surface area (Å²) in [4.78, 5) is 19.4. The summed E-state index contributed by atoms with van der Waals surface area (Å²) < 4.78 is 61.5. The third-order valence-electron chi connectivity index (χ3n) is 6.88. The molecule has 2 aliphatic rings. The van der Waals surface area contributed by atoms with Crippen LogP contribution in [-0.2, 0) is 11.3 Å². The van der Waals surface area contributed by atoms with Gasteiger partial charge in [0.15, 0.2) is 17.2 Å². The summed E-state index contributed by atoms with van der Waals surface area (Å²) in [6.07, 6.45) is -2.00. The number of hydrogen-bond acceptors (Lipinski definition) is 7. The molecule has 5 heterocycles. The lowest BCUT2D eigenvalue weighted by Crippen LogP contribution is -2.38. The molecule has 4 aromatic rings. The predicted molar refractivity (Wildman–Crippen MR) is 138 cm³/mol. The summed E-state index contributed by atoms with van der Waals surface area (Å²) >= 11 is 0. The molecular formula is C28H26F3N5O4. The fraction of sp³-hybridized carbons (Fsp3) is 0.357. The average Bonchev–Trinajstić information content (AvgIpc) is 3.53. The molecule has 0 unspecified atom stereocenters. The van der Waals surface area contributed by atoms with Gasteiger partial charge in [0.05, 0.1) is 31.4 Å². The van der Waals surface area contributed by atoms with E-state index in [1.807, 2.05) is 0 Å². The molecular weight excluding hydrogens is 527 g/mol. The third-order valence-corrected chi connectivity index (χ3v) is 6.88. The molecule has 0 saturated heterocycles. The number of carbonyl (C=O) groups excluding carboxylic acids is 1. The first-order chi connectivity index (χ1) is 19.0. The Morgan fingerprint density at radius 2 is 1.88 bits per heavy atom. The van der Waals surface area contributed by atoms with Crippen LogP contribution in [0.2, 0.25) is 0 Å². The minimum atomic E-state index is -2.67. The number of aryl methyl sites for hydroxylation is 1. The van der Waals surface area contributed by atoms with Crippen molar-refractivity contribution in [3.63, 3.8) is 0 Å².